The van der Waals surface area contributed by atoms with E-state index in [-0.39, 0.29) is 36.1 Å². The Balaban J connectivity index is 0.00000225. The second kappa shape index (κ2) is 8.76. The van der Waals surface area contributed by atoms with Gasteiger partial charge in [-0.05, 0) is 48.7 Å². The van der Waals surface area contributed by atoms with Gasteiger partial charge in [0, 0.05) is 43.2 Å². The Bertz CT molecular complexity index is 825. The van der Waals surface area contributed by atoms with Gasteiger partial charge in [0.05, 0.1) is 0 Å². The number of amides is 2. The molecule has 2 heterocycles. The molecule has 28 heavy (non-hydrogen) atoms. The average Bonchev–Trinajstić information content (AvgIpc) is 3.34. The minimum absolute atomic E-state index is 0. The molecule has 0 aliphatic carbocycles. The van der Waals surface area contributed by atoms with Crippen molar-refractivity contribution in [3.05, 3.63) is 65.7 Å². The molecule has 2 atom stereocenters. The smallest absolute Gasteiger partial charge is 0.253 e. The Labute approximate surface area is 171 Å². The van der Waals surface area contributed by atoms with Crippen molar-refractivity contribution in [3.63, 3.8) is 0 Å². The van der Waals surface area contributed by atoms with Crippen molar-refractivity contribution in [3.8, 4) is 0 Å². The third kappa shape index (κ3) is 3.91. The molecule has 0 spiro atoms. The van der Waals surface area contributed by atoms with E-state index in [0.29, 0.717) is 31.6 Å². The Morgan fingerprint density at radius 3 is 2.36 bits per heavy atom. The predicted octanol–water partition coefficient (Wildman–Crippen LogP) is 3.05. The molecule has 2 N–H and O–H groups in total. The molecule has 0 saturated carbocycles. The summed E-state index contributed by atoms with van der Waals surface area (Å²) in [7, 11) is 0. The predicted molar refractivity (Wildman–Crippen MR) is 113 cm³/mol. The maximum atomic E-state index is 13.0. The van der Waals surface area contributed by atoms with Gasteiger partial charge in [-0.2, -0.15) is 0 Å². The molecule has 4 rings (SSSR count). The van der Waals surface area contributed by atoms with E-state index in [4.69, 9.17) is 5.73 Å². The molecule has 0 aromatic heterocycles. The largest absolute Gasteiger partial charge is 0.338 e. The minimum atomic E-state index is 0. The molecule has 0 radical (unpaired) electrons. The molecule has 2 saturated heterocycles. The molecular weight excluding hydrogens is 374 g/mol. The molecule has 2 aromatic carbocycles. The van der Waals surface area contributed by atoms with E-state index in [0.717, 1.165) is 18.7 Å². The molecule has 0 bridgehead atoms. The lowest BCUT2D eigenvalue weighted by molar-refractivity contribution is -0.117. The van der Waals surface area contributed by atoms with Crippen molar-refractivity contribution in [2.45, 2.75) is 18.8 Å². The van der Waals surface area contributed by atoms with Gasteiger partial charge in [0.25, 0.3) is 5.91 Å². The first-order chi connectivity index (χ1) is 13.2. The highest BCUT2D eigenvalue weighted by molar-refractivity contribution is 5.97. The van der Waals surface area contributed by atoms with Crippen LogP contribution in [-0.4, -0.2) is 42.9 Å². The number of likely N-dealkylation sites (tertiary alicyclic amines) is 1. The van der Waals surface area contributed by atoms with E-state index in [1.165, 1.54) is 5.56 Å². The van der Waals surface area contributed by atoms with Crippen molar-refractivity contribution in [1.82, 2.24) is 4.90 Å². The first-order valence-corrected chi connectivity index (χ1v) is 9.62. The molecule has 2 amide bonds. The molecule has 2 aliphatic rings. The number of benzene rings is 2. The summed E-state index contributed by atoms with van der Waals surface area (Å²) in [6.07, 6.45) is 1.50. The molecule has 6 heteroatoms. The molecule has 148 valence electrons. The first kappa shape index (κ1) is 20.4. The Kier molecular flexibility index (Phi) is 6.37. The fourth-order valence-corrected chi connectivity index (χ4v) is 4.24. The summed E-state index contributed by atoms with van der Waals surface area (Å²) in [4.78, 5) is 28.6. The highest BCUT2D eigenvalue weighted by atomic mass is 35.5. The number of hydrogen-bond donors (Lipinski definition) is 1. The third-order valence-electron chi connectivity index (χ3n) is 5.76. The van der Waals surface area contributed by atoms with Gasteiger partial charge in [0.1, 0.15) is 0 Å². The summed E-state index contributed by atoms with van der Waals surface area (Å²) < 4.78 is 0. The summed E-state index contributed by atoms with van der Waals surface area (Å²) >= 11 is 0. The maximum Gasteiger partial charge on any atom is 0.253 e. The summed E-state index contributed by atoms with van der Waals surface area (Å²) in [5.41, 5.74) is 8.77. The van der Waals surface area contributed by atoms with E-state index >= 15 is 0 Å². The zero-order chi connectivity index (χ0) is 18.8. The van der Waals surface area contributed by atoms with Crippen LogP contribution in [0.5, 0.6) is 0 Å². The highest BCUT2D eigenvalue weighted by Gasteiger charge is 2.35. The number of hydrogen-bond acceptors (Lipinski definition) is 3. The van der Waals surface area contributed by atoms with Gasteiger partial charge in [0.2, 0.25) is 5.91 Å². The first-order valence-electron chi connectivity index (χ1n) is 9.62. The SMILES string of the molecule is Cl.NC[C@@H]1CN(C(=O)c2ccc(N3CCCC3=O)cc2)C[C@H]1c1ccccc1. The molecule has 2 aliphatic heterocycles. The molecule has 2 aromatic rings. The second-order valence-electron chi connectivity index (χ2n) is 7.42. The van der Waals surface area contributed by atoms with Gasteiger partial charge < -0.3 is 15.5 Å². The normalized spacial score (nSPS) is 21.7. The van der Waals surface area contributed by atoms with Crippen molar-refractivity contribution in [1.29, 1.82) is 0 Å². The van der Waals surface area contributed by atoms with Gasteiger partial charge in [-0.1, -0.05) is 30.3 Å². The Hall–Kier alpha value is -2.37. The van der Waals surface area contributed by atoms with Crippen LogP contribution in [0.1, 0.15) is 34.7 Å². The number of carbonyl (C=O) groups is 2. The van der Waals surface area contributed by atoms with E-state index in [2.05, 4.69) is 12.1 Å². The lowest BCUT2D eigenvalue weighted by atomic mass is 9.89. The van der Waals surface area contributed by atoms with Gasteiger partial charge in [0.15, 0.2) is 0 Å². The summed E-state index contributed by atoms with van der Waals surface area (Å²) in [5, 5.41) is 0. The van der Waals surface area contributed by atoms with Gasteiger partial charge in [-0.25, -0.2) is 0 Å². The summed E-state index contributed by atoms with van der Waals surface area (Å²) in [6, 6.07) is 17.7. The van der Waals surface area contributed by atoms with Crippen molar-refractivity contribution in [2.75, 3.05) is 31.1 Å². The van der Waals surface area contributed by atoms with Crippen LogP contribution in [0, 0.1) is 5.92 Å². The molecule has 2 fully saturated rings. The highest BCUT2D eigenvalue weighted by Crippen LogP contribution is 2.33. The van der Waals surface area contributed by atoms with Crippen LogP contribution in [0.3, 0.4) is 0 Å². The zero-order valence-electron chi connectivity index (χ0n) is 15.8. The molecule has 0 unspecified atom stereocenters. The van der Waals surface area contributed by atoms with Gasteiger partial charge in [-0.3, -0.25) is 9.59 Å². The van der Waals surface area contributed by atoms with Crippen LogP contribution >= 0.6 is 12.4 Å². The number of nitrogens with two attached hydrogens (primary N) is 1. The number of rotatable bonds is 4. The number of nitrogens with zero attached hydrogens (tertiary/aromatic N) is 2. The van der Waals surface area contributed by atoms with Crippen molar-refractivity contribution < 1.29 is 9.59 Å². The Morgan fingerprint density at radius 2 is 1.75 bits per heavy atom. The lowest BCUT2D eigenvalue weighted by Gasteiger charge is -2.19. The standard InChI is InChI=1S/C22H25N3O2.ClH/c23-13-18-14-24(15-20(18)16-5-2-1-3-6-16)22(27)17-8-10-19(11-9-17)25-12-4-7-21(25)26;/h1-3,5-6,8-11,18,20H,4,7,12-15,23H2;1H/t18-,20+;/m1./s1. The fraction of sp³-hybridized carbons (Fsp3) is 0.364. The van der Waals surface area contributed by atoms with Gasteiger partial charge >= 0.3 is 0 Å². The number of anilines is 1. The van der Waals surface area contributed by atoms with E-state index in [9.17, 15) is 9.59 Å². The topological polar surface area (TPSA) is 66.6 Å². The van der Waals surface area contributed by atoms with E-state index in [1.54, 1.807) is 4.90 Å². The summed E-state index contributed by atoms with van der Waals surface area (Å²) in [5.74, 6) is 0.746. The van der Waals surface area contributed by atoms with Crippen LogP contribution in [0.2, 0.25) is 0 Å². The molecular formula is C22H26ClN3O2. The Morgan fingerprint density at radius 1 is 1.04 bits per heavy atom. The lowest BCUT2D eigenvalue weighted by Crippen LogP contribution is -2.30. The maximum absolute atomic E-state index is 13.0. The monoisotopic (exact) mass is 399 g/mol. The minimum Gasteiger partial charge on any atom is -0.338 e. The second-order valence-corrected chi connectivity index (χ2v) is 7.42. The van der Waals surface area contributed by atoms with Gasteiger partial charge in [-0.15, -0.1) is 12.4 Å². The van der Waals surface area contributed by atoms with Crippen LogP contribution in [0.25, 0.3) is 0 Å². The van der Waals surface area contributed by atoms with Crippen LogP contribution < -0.4 is 10.6 Å². The number of halogens is 1. The fourth-order valence-electron chi connectivity index (χ4n) is 4.24. The van der Waals surface area contributed by atoms with Crippen molar-refractivity contribution in [2.24, 2.45) is 11.7 Å². The van der Waals surface area contributed by atoms with E-state index < -0.39 is 0 Å². The summed E-state index contributed by atoms with van der Waals surface area (Å²) in [6.45, 7) is 2.70. The quantitative estimate of drug-likeness (QED) is 0.859. The molecule has 5 nitrogen and oxygen atoms in total. The average molecular weight is 400 g/mol. The van der Waals surface area contributed by atoms with Crippen molar-refractivity contribution >= 4 is 29.9 Å². The van der Waals surface area contributed by atoms with Crippen LogP contribution in [0.4, 0.5) is 5.69 Å². The zero-order valence-corrected chi connectivity index (χ0v) is 16.6. The van der Waals surface area contributed by atoms with Crippen LogP contribution in [-0.2, 0) is 4.79 Å². The van der Waals surface area contributed by atoms with Crippen LogP contribution in [0.15, 0.2) is 54.6 Å². The number of carbonyl (C=O) groups excluding carboxylic acids is 2. The van der Waals surface area contributed by atoms with E-state index in [1.807, 2.05) is 47.4 Å². The third-order valence-corrected chi connectivity index (χ3v) is 5.76.